The number of nitrogens with two attached hydrogens (primary N) is 1. The predicted molar refractivity (Wildman–Crippen MR) is 46.3 cm³/mol. The number of hydrogen-bond donors (Lipinski definition) is 1. The van der Waals surface area contributed by atoms with Crippen LogP contribution in [0.25, 0.3) is 0 Å². The van der Waals surface area contributed by atoms with Gasteiger partial charge < -0.3 is 5.73 Å². The highest BCUT2D eigenvalue weighted by atomic mass is 16.1. The molecule has 0 aliphatic carbocycles. The summed E-state index contributed by atoms with van der Waals surface area (Å²) in [5.74, 6) is -0.416. The quantitative estimate of drug-likeness (QED) is 0.716. The average Bonchev–Trinajstić information content (AvgIpc) is 2.06. The lowest BCUT2D eigenvalue weighted by atomic mass is 10.1. The molecule has 0 aliphatic heterocycles. The van der Waals surface area contributed by atoms with Gasteiger partial charge in [-0.1, -0.05) is 13.0 Å². The van der Waals surface area contributed by atoms with Gasteiger partial charge in [0, 0.05) is 24.2 Å². The van der Waals surface area contributed by atoms with Crippen molar-refractivity contribution < 1.29 is 4.79 Å². The van der Waals surface area contributed by atoms with Crippen LogP contribution in [-0.2, 0) is 11.2 Å². The first-order chi connectivity index (χ1) is 5.70. The van der Waals surface area contributed by atoms with E-state index in [0.29, 0.717) is 6.42 Å². The summed E-state index contributed by atoms with van der Waals surface area (Å²) in [6.07, 6.45) is 2.33. The standard InChI is InChI=1S/C9H12N2O/c1-7(9(10)12)6-8-4-2-3-5-11-8/h2-5,7H,6H2,1H3,(H2,10,12)/t7-/m0/s1. The smallest absolute Gasteiger partial charge is 0.220 e. The zero-order chi connectivity index (χ0) is 8.97. The topological polar surface area (TPSA) is 56.0 Å². The summed E-state index contributed by atoms with van der Waals surface area (Å²) in [5, 5.41) is 0. The maximum Gasteiger partial charge on any atom is 0.220 e. The molecular weight excluding hydrogens is 152 g/mol. The highest BCUT2D eigenvalue weighted by molar-refractivity contribution is 5.76. The van der Waals surface area contributed by atoms with Gasteiger partial charge in [0.1, 0.15) is 0 Å². The Morgan fingerprint density at radius 1 is 1.67 bits per heavy atom. The van der Waals surface area contributed by atoms with Gasteiger partial charge >= 0.3 is 0 Å². The first kappa shape index (κ1) is 8.71. The van der Waals surface area contributed by atoms with Crippen LogP contribution in [0, 0.1) is 5.92 Å². The average molecular weight is 164 g/mol. The van der Waals surface area contributed by atoms with Gasteiger partial charge in [0.2, 0.25) is 5.91 Å². The highest BCUT2D eigenvalue weighted by Gasteiger charge is 2.09. The Kier molecular flexibility index (Phi) is 2.80. The van der Waals surface area contributed by atoms with Crippen LogP contribution in [0.15, 0.2) is 24.4 Å². The molecule has 1 amide bonds. The van der Waals surface area contributed by atoms with Gasteiger partial charge in [-0.05, 0) is 12.1 Å². The minimum atomic E-state index is -0.277. The summed E-state index contributed by atoms with van der Waals surface area (Å²) in [7, 11) is 0. The van der Waals surface area contributed by atoms with E-state index in [1.54, 1.807) is 13.1 Å². The van der Waals surface area contributed by atoms with E-state index in [0.717, 1.165) is 5.69 Å². The van der Waals surface area contributed by atoms with E-state index in [-0.39, 0.29) is 11.8 Å². The van der Waals surface area contributed by atoms with Crippen LogP contribution in [0.4, 0.5) is 0 Å². The largest absolute Gasteiger partial charge is 0.369 e. The van der Waals surface area contributed by atoms with Crippen molar-refractivity contribution in [3.05, 3.63) is 30.1 Å². The van der Waals surface area contributed by atoms with Crippen LogP contribution in [0.2, 0.25) is 0 Å². The number of primary amides is 1. The number of aromatic nitrogens is 1. The van der Waals surface area contributed by atoms with Crippen molar-refractivity contribution in [1.82, 2.24) is 4.98 Å². The molecule has 64 valence electrons. The van der Waals surface area contributed by atoms with E-state index in [4.69, 9.17) is 5.73 Å². The summed E-state index contributed by atoms with van der Waals surface area (Å²) >= 11 is 0. The molecule has 1 atom stereocenters. The number of carbonyl (C=O) groups is 1. The number of rotatable bonds is 3. The molecule has 1 aromatic rings. The van der Waals surface area contributed by atoms with Crippen LogP contribution in [-0.4, -0.2) is 10.9 Å². The van der Waals surface area contributed by atoms with E-state index >= 15 is 0 Å². The lowest BCUT2D eigenvalue weighted by Crippen LogP contribution is -2.22. The Balaban J connectivity index is 2.58. The number of nitrogens with zero attached hydrogens (tertiary/aromatic N) is 1. The van der Waals surface area contributed by atoms with E-state index in [1.165, 1.54) is 0 Å². The molecule has 0 fully saturated rings. The fourth-order valence-electron chi connectivity index (χ4n) is 0.933. The molecule has 0 radical (unpaired) electrons. The Hall–Kier alpha value is -1.38. The first-order valence-electron chi connectivity index (χ1n) is 3.89. The van der Waals surface area contributed by atoms with Crippen LogP contribution in [0.5, 0.6) is 0 Å². The number of pyridine rings is 1. The van der Waals surface area contributed by atoms with Crippen molar-refractivity contribution in [2.75, 3.05) is 0 Å². The third-order valence-electron chi connectivity index (χ3n) is 1.73. The van der Waals surface area contributed by atoms with Crippen LogP contribution < -0.4 is 5.73 Å². The molecule has 2 N–H and O–H groups in total. The second-order valence-electron chi connectivity index (χ2n) is 2.83. The highest BCUT2D eigenvalue weighted by Crippen LogP contribution is 2.03. The molecule has 1 aromatic heterocycles. The summed E-state index contributed by atoms with van der Waals surface area (Å²) in [6.45, 7) is 1.80. The fraction of sp³-hybridized carbons (Fsp3) is 0.333. The lowest BCUT2D eigenvalue weighted by Gasteiger charge is -2.04. The maximum atomic E-state index is 10.7. The number of hydrogen-bond acceptors (Lipinski definition) is 2. The van der Waals surface area contributed by atoms with Gasteiger partial charge in [-0.25, -0.2) is 0 Å². The van der Waals surface area contributed by atoms with Gasteiger partial charge in [0.05, 0.1) is 0 Å². The van der Waals surface area contributed by atoms with Crippen molar-refractivity contribution >= 4 is 5.91 Å². The molecule has 3 nitrogen and oxygen atoms in total. The zero-order valence-electron chi connectivity index (χ0n) is 7.03. The van der Waals surface area contributed by atoms with Crippen molar-refractivity contribution in [1.29, 1.82) is 0 Å². The van der Waals surface area contributed by atoms with Crippen molar-refractivity contribution in [2.45, 2.75) is 13.3 Å². The predicted octanol–water partition coefficient (Wildman–Crippen LogP) is 0.745. The summed E-state index contributed by atoms with van der Waals surface area (Å²) in [4.78, 5) is 14.8. The fourth-order valence-corrected chi connectivity index (χ4v) is 0.933. The molecule has 1 rings (SSSR count). The number of amides is 1. The maximum absolute atomic E-state index is 10.7. The second kappa shape index (κ2) is 3.85. The van der Waals surface area contributed by atoms with E-state index in [1.807, 2.05) is 18.2 Å². The van der Waals surface area contributed by atoms with Crippen molar-refractivity contribution in [3.63, 3.8) is 0 Å². The Bertz CT molecular complexity index is 258. The first-order valence-corrected chi connectivity index (χ1v) is 3.89. The molecule has 0 aliphatic rings. The molecule has 0 saturated heterocycles. The monoisotopic (exact) mass is 164 g/mol. The SMILES string of the molecule is C[C@@H](Cc1ccccn1)C(N)=O. The van der Waals surface area contributed by atoms with Gasteiger partial charge in [0.15, 0.2) is 0 Å². The molecule has 12 heavy (non-hydrogen) atoms. The van der Waals surface area contributed by atoms with Gasteiger partial charge in [-0.3, -0.25) is 9.78 Å². The molecular formula is C9H12N2O. The van der Waals surface area contributed by atoms with Gasteiger partial charge in [-0.15, -0.1) is 0 Å². The summed E-state index contributed by atoms with van der Waals surface area (Å²) in [6, 6.07) is 5.63. The normalized spacial score (nSPS) is 12.4. The summed E-state index contributed by atoms with van der Waals surface area (Å²) in [5.41, 5.74) is 6.02. The minimum absolute atomic E-state index is 0.139. The molecule has 0 bridgehead atoms. The second-order valence-corrected chi connectivity index (χ2v) is 2.83. The molecule has 0 saturated carbocycles. The molecule has 0 spiro atoms. The van der Waals surface area contributed by atoms with Crippen LogP contribution in [0.1, 0.15) is 12.6 Å². The van der Waals surface area contributed by atoms with E-state index in [2.05, 4.69) is 4.98 Å². The molecule has 1 heterocycles. The Morgan fingerprint density at radius 2 is 2.42 bits per heavy atom. The third-order valence-corrected chi connectivity index (χ3v) is 1.73. The third kappa shape index (κ3) is 2.34. The van der Waals surface area contributed by atoms with Gasteiger partial charge in [0.25, 0.3) is 0 Å². The zero-order valence-corrected chi connectivity index (χ0v) is 7.03. The van der Waals surface area contributed by atoms with E-state index in [9.17, 15) is 4.79 Å². The van der Waals surface area contributed by atoms with Crippen LogP contribution >= 0.6 is 0 Å². The van der Waals surface area contributed by atoms with Crippen molar-refractivity contribution in [3.8, 4) is 0 Å². The van der Waals surface area contributed by atoms with E-state index < -0.39 is 0 Å². The molecule has 3 heteroatoms. The Morgan fingerprint density at radius 3 is 2.92 bits per heavy atom. The molecule has 0 aromatic carbocycles. The van der Waals surface area contributed by atoms with Crippen molar-refractivity contribution in [2.24, 2.45) is 11.7 Å². The summed E-state index contributed by atoms with van der Waals surface area (Å²) < 4.78 is 0. The minimum Gasteiger partial charge on any atom is -0.369 e. The van der Waals surface area contributed by atoms with Gasteiger partial charge in [-0.2, -0.15) is 0 Å². The number of carbonyl (C=O) groups excluding carboxylic acids is 1. The van der Waals surface area contributed by atoms with Crippen LogP contribution in [0.3, 0.4) is 0 Å². The lowest BCUT2D eigenvalue weighted by molar-refractivity contribution is -0.121. The Labute approximate surface area is 71.6 Å². The molecule has 0 unspecified atom stereocenters.